The van der Waals surface area contributed by atoms with E-state index in [2.05, 4.69) is 14.9 Å². The molecule has 4 nitrogen and oxygen atoms in total. The van der Waals surface area contributed by atoms with E-state index in [1.165, 1.54) is 12.4 Å². The van der Waals surface area contributed by atoms with Crippen LogP contribution in [0.2, 0.25) is 0 Å². The van der Waals surface area contributed by atoms with E-state index in [9.17, 15) is 13.2 Å². The highest BCUT2D eigenvalue weighted by Crippen LogP contribution is 2.32. The molecule has 7 heteroatoms. The molecular formula is C16H16F3N3O. The van der Waals surface area contributed by atoms with Crippen LogP contribution in [0.1, 0.15) is 18.4 Å². The summed E-state index contributed by atoms with van der Waals surface area (Å²) >= 11 is 0. The van der Waals surface area contributed by atoms with Crippen molar-refractivity contribution in [1.82, 2.24) is 9.97 Å². The van der Waals surface area contributed by atoms with Gasteiger partial charge in [-0.3, -0.25) is 0 Å². The molecule has 0 atom stereocenters. The van der Waals surface area contributed by atoms with Gasteiger partial charge in [0.2, 0.25) is 0 Å². The summed E-state index contributed by atoms with van der Waals surface area (Å²) in [5.41, 5.74) is -0.687. The number of alkyl halides is 3. The molecular weight excluding hydrogens is 307 g/mol. The topological polar surface area (TPSA) is 38.2 Å². The van der Waals surface area contributed by atoms with E-state index in [4.69, 9.17) is 4.74 Å². The van der Waals surface area contributed by atoms with Crippen LogP contribution in [0.5, 0.6) is 5.75 Å². The van der Waals surface area contributed by atoms with Crippen LogP contribution in [-0.4, -0.2) is 29.2 Å². The minimum absolute atomic E-state index is 0.0865. The fraction of sp³-hybridized carbons (Fsp3) is 0.375. The Balaban J connectivity index is 1.59. The van der Waals surface area contributed by atoms with Crippen LogP contribution in [0, 0.1) is 0 Å². The Bertz CT molecular complexity index is 641. The summed E-state index contributed by atoms with van der Waals surface area (Å²) in [5, 5.41) is 0. The minimum Gasteiger partial charge on any atom is -0.490 e. The van der Waals surface area contributed by atoms with Crippen LogP contribution in [0.15, 0.2) is 42.9 Å². The first-order valence-corrected chi connectivity index (χ1v) is 7.37. The van der Waals surface area contributed by atoms with Gasteiger partial charge in [0.1, 0.15) is 24.0 Å². The zero-order valence-corrected chi connectivity index (χ0v) is 12.3. The molecule has 2 heterocycles. The molecule has 0 N–H and O–H groups in total. The Morgan fingerprint density at radius 1 is 1.13 bits per heavy atom. The number of rotatable bonds is 3. The zero-order valence-electron chi connectivity index (χ0n) is 12.3. The molecule has 1 aliphatic heterocycles. The number of benzene rings is 1. The van der Waals surface area contributed by atoms with Crippen LogP contribution >= 0.6 is 0 Å². The van der Waals surface area contributed by atoms with Crippen molar-refractivity contribution in [3.8, 4) is 5.75 Å². The van der Waals surface area contributed by atoms with Crippen molar-refractivity contribution in [3.05, 3.63) is 48.4 Å². The highest BCUT2D eigenvalue weighted by atomic mass is 19.4. The predicted octanol–water partition coefficient (Wildman–Crippen LogP) is 3.54. The number of hydrogen-bond donors (Lipinski definition) is 0. The predicted molar refractivity (Wildman–Crippen MR) is 79.3 cm³/mol. The van der Waals surface area contributed by atoms with Crippen molar-refractivity contribution in [3.63, 3.8) is 0 Å². The first-order chi connectivity index (χ1) is 11.0. The average molecular weight is 323 g/mol. The fourth-order valence-electron chi connectivity index (χ4n) is 2.61. The van der Waals surface area contributed by atoms with Crippen LogP contribution in [-0.2, 0) is 6.18 Å². The highest BCUT2D eigenvalue weighted by molar-refractivity contribution is 5.37. The molecule has 1 aromatic heterocycles. The third-order valence-corrected chi connectivity index (χ3v) is 3.80. The van der Waals surface area contributed by atoms with Crippen molar-refractivity contribution in [2.45, 2.75) is 25.1 Å². The Kier molecular flexibility index (Phi) is 4.36. The maximum absolute atomic E-state index is 12.7. The van der Waals surface area contributed by atoms with Crippen molar-refractivity contribution in [1.29, 1.82) is 0 Å². The molecule has 0 amide bonds. The van der Waals surface area contributed by atoms with Gasteiger partial charge in [0.05, 0.1) is 5.56 Å². The van der Waals surface area contributed by atoms with Crippen molar-refractivity contribution >= 4 is 5.82 Å². The highest BCUT2D eigenvalue weighted by Gasteiger charge is 2.31. The van der Waals surface area contributed by atoms with Crippen LogP contribution in [0.4, 0.5) is 19.0 Å². The summed E-state index contributed by atoms with van der Waals surface area (Å²) in [5.74, 6) is 1.12. The number of ether oxygens (including phenoxy) is 1. The molecule has 0 saturated carbocycles. The molecule has 3 rings (SSSR count). The molecule has 1 aliphatic rings. The summed E-state index contributed by atoms with van der Waals surface area (Å²) in [6.07, 6.45) is 0.223. The lowest BCUT2D eigenvalue weighted by molar-refractivity contribution is -0.137. The van der Waals surface area contributed by atoms with Gasteiger partial charge < -0.3 is 9.64 Å². The van der Waals surface area contributed by atoms with Gasteiger partial charge in [0.15, 0.2) is 0 Å². The van der Waals surface area contributed by atoms with E-state index in [1.807, 2.05) is 6.07 Å². The lowest BCUT2D eigenvalue weighted by atomic mass is 10.1. The first-order valence-electron chi connectivity index (χ1n) is 7.37. The number of nitrogens with zero attached hydrogens (tertiary/aromatic N) is 3. The minimum atomic E-state index is -4.35. The van der Waals surface area contributed by atoms with E-state index >= 15 is 0 Å². The lowest BCUT2D eigenvalue weighted by Gasteiger charge is -2.32. The van der Waals surface area contributed by atoms with Gasteiger partial charge in [-0.2, -0.15) is 13.2 Å². The SMILES string of the molecule is FC(F)(F)c1cccc(OC2CCN(c3ccncn3)CC2)c1. The smallest absolute Gasteiger partial charge is 0.416 e. The molecule has 2 aromatic rings. The molecule has 0 radical (unpaired) electrons. The van der Waals surface area contributed by atoms with Gasteiger partial charge in [0, 0.05) is 32.1 Å². The maximum Gasteiger partial charge on any atom is 0.416 e. The van der Waals surface area contributed by atoms with Crippen LogP contribution in [0.3, 0.4) is 0 Å². The van der Waals surface area contributed by atoms with Crippen molar-refractivity contribution in [2.24, 2.45) is 0 Å². The molecule has 1 saturated heterocycles. The Morgan fingerprint density at radius 3 is 2.57 bits per heavy atom. The van der Waals surface area contributed by atoms with Gasteiger partial charge in [-0.1, -0.05) is 6.07 Å². The summed E-state index contributed by atoms with van der Waals surface area (Å²) in [6, 6.07) is 6.87. The molecule has 0 bridgehead atoms. The first kappa shape index (κ1) is 15.6. The maximum atomic E-state index is 12.7. The van der Waals surface area contributed by atoms with Gasteiger partial charge in [-0.25, -0.2) is 9.97 Å². The molecule has 23 heavy (non-hydrogen) atoms. The Morgan fingerprint density at radius 2 is 1.91 bits per heavy atom. The number of hydrogen-bond acceptors (Lipinski definition) is 4. The summed E-state index contributed by atoms with van der Waals surface area (Å²) in [7, 11) is 0. The number of anilines is 1. The largest absolute Gasteiger partial charge is 0.490 e. The average Bonchev–Trinajstić information content (AvgIpc) is 2.56. The van der Waals surface area contributed by atoms with Crippen molar-refractivity contribution < 1.29 is 17.9 Å². The van der Waals surface area contributed by atoms with Gasteiger partial charge >= 0.3 is 6.18 Å². The molecule has 0 unspecified atom stereocenters. The van der Waals surface area contributed by atoms with Crippen LogP contribution < -0.4 is 9.64 Å². The van der Waals surface area contributed by atoms with E-state index in [1.54, 1.807) is 12.3 Å². The standard InChI is InChI=1S/C16H16F3N3O/c17-16(18,19)12-2-1-3-14(10-12)23-13-5-8-22(9-6-13)15-4-7-20-11-21-15/h1-4,7,10-11,13H,5-6,8-9H2. The van der Waals surface area contributed by atoms with Gasteiger partial charge in [-0.15, -0.1) is 0 Å². The van der Waals surface area contributed by atoms with Gasteiger partial charge in [0.25, 0.3) is 0 Å². The summed E-state index contributed by atoms with van der Waals surface area (Å²) in [6.45, 7) is 1.50. The number of aromatic nitrogens is 2. The van der Waals surface area contributed by atoms with E-state index < -0.39 is 11.7 Å². The second kappa shape index (κ2) is 6.44. The van der Waals surface area contributed by atoms with Gasteiger partial charge in [-0.05, 0) is 24.3 Å². The summed E-state index contributed by atoms with van der Waals surface area (Å²) < 4.78 is 43.8. The molecule has 0 aliphatic carbocycles. The summed E-state index contributed by atoms with van der Waals surface area (Å²) in [4.78, 5) is 10.2. The van der Waals surface area contributed by atoms with E-state index in [0.717, 1.165) is 43.9 Å². The third kappa shape index (κ3) is 3.91. The number of piperidine rings is 1. The Hall–Kier alpha value is -2.31. The molecule has 122 valence electrons. The quantitative estimate of drug-likeness (QED) is 0.866. The fourth-order valence-corrected chi connectivity index (χ4v) is 2.61. The van der Waals surface area contributed by atoms with Crippen LogP contribution in [0.25, 0.3) is 0 Å². The lowest BCUT2D eigenvalue weighted by Crippen LogP contribution is -2.38. The molecule has 1 fully saturated rings. The Labute approximate surface area is 131 Å². The van der Waals surface area contributed by atoms with E-state index in [-0.39, 0.29) is 11.9 Å². The van der Waals surface area contributed by atoms with E-state index in [0.29, 0.717) is 0 Å². The molecule has 0 spiro atoms. The number of halogens is 3. The third-order valence-electron chi connectivity index (χ3n) is 3.80. The normalized spacial score (nSPS) is 16.4. The molecule has 1 aromatic carbocycles. The second-order valence-electron chi connectivity index (χ2n) is 5.40. The van der Waals surface area contributed by atoms with Crippen molar-refractivity contribution in [2.75, 3.05) is 18.0 Å². The monoisotopic (exact) mass is 323 g/mol. The second-order valence-corrected chi connectivity index (χ2v) is 5.40. The zero-order chi connectivity index (χ0) is 16.3.